The Kier molecular flexibility index (Phi) is 17.8. The minimum absolute atomic E-state index is 0.236. The van der Waals surface area contributed by atoms with Gasteiger partial charge in [0, 0.05) is 29.0 Å². The molecule has 0 aliphatic carbocycles. The lowest BCUT2D eigenvalue weighted by atomic mass is 10.0. The van der Waals surface area contributed by atoms with E-state index in [1.807, 2.05) is 61.6 Å². The molecule has 0 saturated carbocycles. The Hall–Kier alpha value is -2.62. The Morgan fingerprint density at radius 3 is 1.53 bits per heavy atom. The topological polar surface area (TPSA) is 38.7 Å². The van der Waals surface area contributed by atoms with Gasteiger partial charge >= 0.3 is 0 Å². The first kappa shape index (κ1) is 31.6. The van der Waals surface area contributed by atoms with Crippen LogP contribution in [-0.2, 0) is 0 Å². The smallest absolute Gasteiger partial charge is 0.144 e. The van der Waals surface area contributed by atoms with Crippen molar-refractivity contribution in [2.24, 2.45) is 0 Å². The number of hydrogen-bond acceptors (Lipinski definition) is 3. The summed E-state index contributed by atoms with van der Waals surface area (Å²) in [6.45, 7) is 24.1. The van der Waals surface area contributed by atoms with Gasteiger partial charge in [0.2, 0.25) is 0 Å². The van der Waals surface area contributed by atoms with Gasteiger partial charge in [0.25, 0.3) is 0 Å². The molecule has 0 N–H and O–H groups in total. The molecule has 0 amide bonds. The summed E-state index contributed by atoms with van der Waals surface area (Å²) in [5.41, 5.74) is 7.48. The first-order chi connectivity index (χ1) is 15.1. The average molecular weight is 442 g/mol. The fourth-order valence-corrected chi connectivity index (χ4v) is 2.65. The standard InChI is InChI=1S/C9H13N.C8H11N.C7H8FN.2C2H6/c1-7(2)9-4-5-10-8(3)6-9;1-6-4-7(2)9-8(3)5-6;1-5-3-6(2)9-4-7(5)8;2*1-2/h4-7H,1-3H3;4-5H,1-3H3;3-4H,1-2H3;2*1-2H3. The molecule has 0 spiro atoms. The molecule has 0 aliphatic heterocycles. The zero-order chi connectivity index (χ0) is 25.3. The minimum Gasteiger partial charge on any atom is -0.262 e. The highest BCUT2D eigenvalue weighted by Crippen LogP contribution is 2.13. The van der Waals surface area contributed by atoms with Crippen molar-refractivity contribution in [2.75, 3.05) is 0 Å². The second-order valence-corrected chi connectivity index (χ2v) is 7.39. The molecule has 0 atom stereocenters. The summed E-state index contributed by atoms with van der Waals surface area (Å²) in [5, 5.41) is 0. The van der Waals surface area contributed by atoms with Gasteiger partial charge in [-0.2, -0.15) is 0 Å². The molecule has 178 valence electrons. The van der Waals surface area contributed by atoms with E-state index in [0.29, 0.717) is 11.5 Å². The van der Waals surface area contributed by atoms with E-state index in [1.165, 1.54) is 17.3 Å². The van der Waals surface area contributed by atoms with Crippen LogP contribution in [0.1, 0.15) is 86.9 Å². The van der Waals surface area contributed by atoms with Gasteiger partial charge in [0.15, 0.2) is 0 Å². The number of rotatable bonds is 1. The Bertz CT molecular complexity index is 839. The molecule has 3 aromatic rings. The van der Waals surface area contributed by atoms with Gasteiger partial charge in [0.05, 0.1) is 6.20 Å². The van der Waals surface area contributed by atoms with Gasteiger partial charge < -0.3 is 0 Å². The third-order valence-electron chi connectivity index (χ3n) is 4.00. The lowest BCUT2D eigenvalue weighted by Gasteiger charge is -2.03. The van der Waals surface area contributed by atoms with Crippen LogP contribution < -0.4 is 0 Å². The molecular formula is C28H44FN3. The van der Waals surface area contributed by atoms with Gasteiger partial charge in [-0.3, -0.25) is 15.0 Å². The number of pyridine rings is 3. The number of hydrogen-bond donors (Lipinski definition) is 0. The number of aryl methyl sites for hydroxylation is 6. The lowest BCUT2D eigenvalue weighted by Crippen LogP contribution is -1.88. The van der Waals surface area contributed by atoms with E-state index in [4.69, 9.17) is 0 Å². The Morgan fingerprint density at radius 2 is 1.19 bits per heavy atom. The Morgan fingerprint density at radius 1 is 0.688 bits per heavy atom. The molecule has 3 nitrogen and oxygen atoms in total. The van der Waals surface area contributed by atoms with Gasteiger partial charge in [-0.1, -0.05) is 41.5 Å². The fourth-order valence-electron chi connectivity index (χ4n) is 2.65. The molecule has 0 radical (unpaired) electrons. The van der Waals surface area contributed by atoms with Crippen molar-refractivity contribution < 1.29 is 4.39 Å². The molecule has 3 aromatic heterocycles. The zero-order valence-corrected chi connectivity index (χ0v) is 22.3. The lowest BCUT2D eigenvalue weighted by molar-refractivity contribution is 0.610. The van der Waals surface area contributed by atoms with Gasteiger partial charge in [0.1, 0.15) is 5.82 Å². The highest BCUT2D eigenvalue weighted by atomic mass is 19.1. The van der Waals surface area contributed by atoms with E-state index in [2.05, 4.69) is 60.0 Å². The van der Waals surface area contributed by atoms with Crippen molar-refractivity contribution in [3.05, 3.63) is 88.0 Å². The van der Waals surface area contributed by atoms with Crippen LogP contribution in [0, 0.1) is 47.4 Å². The van der Waals surface area contributed by atoms with Crippen LogP contribution in [0.25, 0.3) is 0 Å². The second kappa shape index (κ2) is 18.0. The summed E-state index contributed by atoms with van der Waals surface area (Å²) in [7, 11) is 0. The SMILES string of the molecule is CC.CC.Cc1cc(C(C)C)ccn1.Cc1cc(C)c(F)cn1.Cc1cc(C)nc(C)c1. The first-order valence-electron chi connectivity index (χ1n) is 11.5. The quantitative estimate of drug-likeness (QED) is 0.380. The molecule has 3 heterocycles. The summed E-state index contributed by atoms with van der Waals surface area (Å²) in [6, 6.07) is 10.1. The van der Waals surface area contributed by atoms with Gasteiger partial charge in [-0.15, -0.1) is 0 Å². The van der Waals surface area contributed by atoms with E-state index in [-0.39, 0.29) is 5.82 Å². The molecule has 0 bridgehead atoms. The number of aromatic nitrogens is 3. The fraction of sp³-hybridized carbons (Fsp3) is 0.464. The van der Waals surface area contributed by atoms with Gasteiger partial charge in [-0.05, 0) is 94.5 Å². The summed E-state index contributed by atoms with van der Waals surface area (Å²) in [4.78, 5) is 12.1. The molecule has 0 aliphatic rings. The van der Waals surface area contributed by atoms with E-state index < -0.39 is 0 Å². The van der Waals surface area contributed by atoms with E-state index in [9.17, 15) is 4.39 Å². The third kappa shape index (κ3) is 14.4. The highest BCUT2D eigenvalue weighted by Gasteiger charge is 1.97. The molecular weight excluding hydrogens is 397 g/mol. The molecule has 4 heteroatoms. The Labute approximate surface area is 196 Å². The van der Waals surface area contributed by atoms with Crippen LogP contribution in [0.15, 0.2) is 42.7 Å². The molecule has 0 saturated heterocycles. The maximum absolute atomic E-state index is 12.4. The van der Waals surface area contributed by atoms with E-state index in [1.54, 1.807) is 13.0 Å². The van der Waals surface area contributed by atoms with Crippen LogP contribution in [0.2, 0.25) is 0 Å². The van der Waals surface area contributed by atoms with Crippen molar-refractivity contribution in [2.45, 2.75) is 89.0 Å². The molecule has 0 fully saturated rings. The number of nitrogens with zero attached hydrogens (tertiary/aromatic N) is 3. The predicted octanol–water partition coefficient (Wildman–Crippen LogP) is 8.41. The van der Waals surface area contributed by atoms with Crippen LogP contribution in [0.4, 0.5) is 4.39 Å². The molecule has 3 rings (SSSR count). The molecule has 0 aromatic carbocycles. The Balaban J connectivity index is 0. The number of halogens is 1. The normalized spacial score (nSPS) is 9.06. The van der Waals surface area contributed by atoms with E-state index >= 15 is 0 Å². The van der Waals surface area contributed by atoms with Crippen LogP contribution in [-0.4, -0.2) is 15.0 Å². The van der Waals surface area contributed by atoms with Crippen molar-refractivity contribution in [1.82, 2.24) is 15.0 Å². The van der Waals surface area contributed by atoms with Crippen molar-refractivity contribution in [1.29, 1.82) is 0 Å². The summed E-state index contributed by atoms with van der Waals surface area (Å²) >= 11 is 0. The second-order valence-electron chi connectivity index (χ2n) is 7.39. The maximum atomic E-state index is 12.4. The summed E-state index contributed by atoms with van der Waals surface area (Å²) in [6.07, 6.45) is 3.11. The summed E-state index contributed by atoms with van der Waals surface area (Å²) < 4.78 is 12.4. The first-order valence-corrected chi connectivity index (χ1v) is 11.5. The predicted molar refractivity (Wildman–Crippen MR) is 138 cm³/mol. The van der Waals surface area contributed by atoms with Gasteiger partial charge in [-0.25, -0.2) is 4.39 Å². The average Bonchev–Trinajstić information content (AvgIpc) is 2.74. The van der Waals surface area contributed by atoms with Crippen molar-refractivity contribution in [3.8, 4) is 0 Å². The maximum Gasteiger partial charge on any atom is 0.144 e. The zero-order valence-electron chi connectivity index (χ0n) is 22.3. The van der Waals surface area contributed by atoms with Crippen LogP contribution >= 0.6 is 0 Å². The molecule has 0 unspecified atom stereocenters. The van der Waals surface area contributed by atoms with Crippen molar-refractivity contribution in [3.63, 3.8) is 0 Å². The monoisotopic (exact) mass is 441 g/mol. The third-order valence-corrected chi connectivity index (χ3v) is 4.00. The van der Waals surface area contributed by atoms with Crippen LogP contribution in [0.5, 0.6) is 0 Å². The van der Waals surface area contributed by atoms with E-state index in [0.717, 1.165) is 22.8 Å². The minimum atomic E-state index is -0.236. The van der Waals surface area contributed by atoms with Crippen LogP contribution in [0.3, 0.4) is 0 Å². The summed E-state index contributed by atoms with van der Waals surface area (Å²) in [5.74, 6) is 0.377. The molecule has 32 heavy (non-hydrogen) atoms. The highest BCUT2D eigenvalue weighted by molar-refractivity contribution is 5.19. The largest absolute Gasteiger partial charge is 0.262 e. The van der Waals surface area contributed by atoms with Crippen molar-refractivity contribution >= 4 is 0 Å².